The monoisotopic (exact) mass is 563 g/mol. The summed E-state index contributed by atoms with van der Waals surface area (Å²) in [6.45, 7) is 2.47. The molecule has 0 unspecified atom stereocenters. The number of nitrogens with zero attached hydrogens (tertiary/aromatic N) is 3. The number of rotatable bonds is 9. The quantitative estimate of drug-likeness (QED) is 0.281. The van der Waals surface area contributed by atoms with Crippen LogP contribution in [-0.4, -0.2) is 43.6 Å². The Bertz CT molecular complexity index is 1200. The first-order valence-electron chi connectivity index (χ1n) is 13.0. The lowest BCUT2D eigenvalue weighted by atomic mass is 9.88. The Balaban J connectivity index is 1.25. The first-order chi connectivity index (χ1) is 18.1. The SMILES string of the molecule is COC(CC1CCN(c2ncc(C3=C(Br)CCc4cc(OCc5ccccc5)ccc43)cn2)CC1)OC. The van der Waals surface area contributed by atoms with Crippen LogP contribution in [0.4, 0.5) is 5.95 Å². The van der Waals surface area contributed by atoms with Crippen LogP contribution in [-0.2, 0) is 22.5 Å². The maximum atomic E-state index is 6.08. The summed E-state index contributed by atoms with van der Waals surface area (Å²) >= 11 is 3.84. The van der Waals surface area contributed by atoms with Crippen molar-refractivity contribution in [3.8, 4) is 5.75 Å². The van der Waals surface area contributed by atoms with Crippen LogP contribution >= 0.6 is 15.9 Å². The molecule has 0 atom stereocenters. The van der Waals surface area contributed by atoms with Crippen LogP contribution in [0.1, 0.15) is 47.9 Å². The van der Waals surface area contributed by atoms with Crippen molar-refractivity contribution in [3.05, 3.63) is 87.7 Å². The van der Waals surface area contributed by atoms with Crippen molar-refractivity contribution >= 4 is 27.5 Å². The van der Waals surface area contributed by atoms with Crippen LogP contribution < -0.4 is 9.64 Å². The van der Waals surface area contributed by atoms with E-state index in [4.69, 9.17) is 24.2 Å². The number of allylic oxidation sites excluding steroid dienone is 1. The molecule has 37 heavy (non-hydrogen) atoms. The average Bonchev–Trinajstić information content (AvgIpc) is 2.96. The minimum atomic E-state index is -0.122. The highest BCUT2D eigenvalue weighted by atomic mass is 79.9. The molecule has 2 aromatic carbocycles. The molecule has 7 heteroatoms. The van der Waals surface area contributed by atoms with Gasteiger partial charge in [-0.1, -0.05) is 52.3 Å². The molecule has 1 aliphatic heterocycles. The average molecular weight is 565 g/mol. The summed E-state index contributed by atoms with van der Waals surface area (Å²) in [6, 6.07) is 16.7. The topological polar surface area (TPSA) is 56.7 Å². The summed E-state index contributed by atoms with van der Waals surface area (Å²) in [5, 5.41) is 0. The Kier molecular flexibility index (Phi) is 8.54. The van der Waals surface area contributed by atoms with Crippen molar-refractivity contribution in [1.82, 2.24) is 9.97 Å². The van der Waals surface area contributed by atoms with E-state index in [2.05, 4.69) is 51.2 Å². The molecule has 1 aromatic heterocycles. The summed E-state index contributed by atoms with van der Waals surface area (Å²) in [5.41, 5.74) is 5.88. The number of hydrogen-bond acceptors (Lipinski definition) is 6. The number of ether oxygens (including phenoxy) is 3. The largest absolute Gasteiger partial charge is 0.489 e. The first kappa shape index (κ1) is 25.9. The molecule has 2 heterocycles. The summed E-state index contributed by atoms with van der Waals surface area (Å²) in [5.74, 6) is 2.30. The lowest BCUT2D eigenvalue weighted by Gasteiger charge is -2.33. The highest BCUT2D eigenvalue weighted by molar-refractivity contribution is 9.11. The fourth-order valence-electron chi connectivity index (χ4n) is 5.22. The Hall–Kier alpha value is -2.74. The van der Waals surface area contributed by atoms with Crippen molar-refractivity contribution in [3.63, 3.8) is 0 Å². The third-order valence-corrected chi connectivity index (χ3v) is 8.15. The second kappa shape index (κ2) is 12.2. The van der Waals surface area contributed by atoms with E-state index < -0.39 is 0 Å². The molecule has 0 radical (unpaired) electrons. The van der Waals surface area contributed by atoms with Gasteiger partial charge in [-0.05, 0) is 60.4 Å². The van der Waals surface area contributed by atoms with E-state index >= 15 is 0 Å². The number of hydrogen-bond donors (Lipinski definition) is 0. The van der Waals surface area contributed by atoms with Gasteiger partial charge in [0.2, 0.25) is 5.95 Å². The van der Waals surface area contributed by atoms with Crippen LogP contribution in [0.5, 0.6) is 5.75 Å². The zero-order valence-corrected chi connectivity index (χ0v) is 23.1. The summed E-state index contributed by atoms with van der Waals surface area (Å²) in [4.78, 5) is 11.8. The Morgan fingerprint density at radius 3 is 2.41 bits per heavy atom. The lowest BCUT2D eigenvalue weighted by Crippen LogP contribution is -2.36. The van der Waals surface area contributed by atoms with E-state index in [1.165, 1.54) is 26.7 Å². The maximum absolute atomic E-state index is 6.08. The van der Waals surface area contributed by atoms with E-state index in [0.717, 1.165) is 62.5 Å². The normalized spacial score (nSPS) is 16.3. The number of methoxy groups -OCH3 is 2. The molecule has 0 bridgehead atoms. The van der Waals surface area contributed by atoms with Crippen LogP contribution in [0, 0.1) is 5.92 Å². The van der Waals surface area contributed by atoms with Gasteiger partial charge in [0.05, 0.1) is 0 Å². The van der Waals surface area contributed by atoms with Crippen molar-refractivity contribution in [2.45, 2.75) is 45.0 Å². The Morgan fingerprint density at radius 1 is 0.973 bits per heavy atom. The predicted octanol–water partition coefficient (Wildman–Crippen LogP) is 6.38. The van der Waals surface area contributed by atoms with Gasteiger partial charge in [-0.3, -0.25) is 0 Å². The molecular weight excluding hydrogens is 530 g/mol. The van der Waals surface area contributed by atoms with E-state index in [0.29, 0.717) is 12.5 Å². The van der Waals surface area contributed by atoms with E-state index in [9.17, 15) is 0 Å². The number of halogens is 1. The third-order valence-electron chi connectivity index (χ3n) is 7.36. The van der Waals surface area contributed by atoms with Gasteiger partial charge in [-0.25, -0.2) is 9.97 Å². The summed E-state index contributed by atoms with van der Waals surface area (Å²) < 4.78 is 18.0. The van der Waals surface area contributed by atoms with Crippen molar-refractivity contribution in [2.75, 3.05) is 32.2 Å². The minimum Gasteiger partial charge on any atom is -0.489 e. The zero-order valence-electron chi connectivity index (χ0n) is 21.5. The molecule has 5 rings (SSSR count). The van der Waals surface area contributed by atoms with Crippen LogP contribution in [0.2, 0.25) is 0 Å². The van der Waals surface area contributed by atoms with Gasteiger partial charge >= 0.3 is 0 Å². The standard InChI is InChI=1S/C30H34BrN3O3/c1-35-28(36-2)16-21-12-14-34(15-13-21)30-32-18-24(19-33-30)29-26-10-9-25(17-23(26)8-11-27(29)31)37-20-22-6-4-3-5-7-22/h3-7,9-10,17-19,21,28H,8,11-16,20H2,1-2H3. The zero-order chi connectivity index (χ0) is 25.6. The smallest absolute Gasteiger partial charge is 0.225 e. The van der Waals surface area contributed by atoms with Crippen LogP contribution in [0.25, 0.3) is 5.57 Å². The molecule has 3 aromatic rings. The van der Waals surface area contributed by atoms with Gasteiger partial charge < -0.3 is 19.1 Å². The fourth-order valence-corrected chi connectivity index (χ4v) is 5.86. The second-order valence-corrected chi connectivity index (χ2v) is 10.7. The number of aromatic nitrogens is 2. The Morgan fingerprint density at radius 2 is 1.70 bits per heavy atom. The van der Waals surface area contributed by atoms with Crippen LogP contribution in [0.15, 0.2) is 65.4 Å². The lowest BCUT2D eigenvalue weighted by molar-refractivity contribution is -0.115. The number of fused-ring (bicyclic) bond motifs is 1. The number of benzene rings is 2. The fraction of sp³-hybridized carbons (Fsp3) is 0.400. The molecule has 0 saturated carbocycles. The molecule has 1 fully saturated rings. The molecule has 0 amide bonds. The van der Waals surface area contributed by atoms with Gasteiger partial charge in [0.1, 0.15) is 12.4 Å². The highest BCUT2D eigenvalue weighted by Crippen LogP contribution is 2.40. The highest BCUT2D eigenvalue weighted by Gasteiger charge is 2.25. The third kappa shape index (κ3) is 6.22. The minimum absolute atomic E-state index is 0.122. The molecule has 2 aliphatic rings. The first-order valence-corrected chi connectivity index (χ1v) is 13.8. The maximum Gasteiger partial charge on any atom is 0.225 e. The Labute approximate surface area is 227 Å². The van der Waals surface area contributed by atoms with Gasteiger partial charge in [0.25, 0.3) is 0 Å². The van der Waals surface area contributed by atoms with Crippen molar-refractivity contribution in [2.24, 2.45) is 5.92 Å². The van der Waals surface area contributed by atoms with Gasteiger partial charge in [-0.15, -0.1) is 0 Å². The molecule has 0 spiro atoms. The number of aryl methyl sites for hydroxylation is 1. The molecule has 6 nitrogen and oxygen atoms in total. The predicted molar refractivity (Wildman–Crippen MR) is 150 cm³/mol. The molecule has 1 saturated heterocycles. The number of piperidine rings is 1. The van der Waals surface area contributed by atoms with Crippen molar-refractivity contribution in [1.29, 1.82) is 0 Å². The molecule has 1 aliphatic carbocycles. The van der Waals surface area contributed by atoms with E-state index in [1.54, 1.807) is 14.2 Å². The van der Waals surface area contributed by atoms with Gasteiger partial charge in [-0.2, -0.15) is 0 Å². The summed E-state index contributed by atoms with van der Waals surface area (Å²) in [7, 11) is 3.41. The van der Waals surface area contributed by atoms with Crippen LogP contribution in [0.3, 0.4) is 0 Å². The molecule has 194 valence electrons. The number of anilines is 1. The van der Waals surface area contributed by atoms with E-state index in [-0.39, 0.29) is 6.29 Å². The molecule has 0 N–H and O–H groups in total. The van der Waals surface area contributed by atoms with Crippen molar-refractivity contribution < 1.29 is 14.2 Å². The molecular formula is C30H34BrN3O3. The second-order valence-electron chi connectivity index (χ2n) is 9.71. The van der Waals surface area contributed by atoms with E-state index in [1.807, 2.05) is 30.6 Å². The summed E-state index contributed by atoms with van der Waals surface area (Å²) in [6.07, 6.45) is 8.84. The van der Waals surface area contributed by atoms with Gasteiger partial charge in [0.15, 0.2) is 6.29 Å². The van der Waals surface area contributed by atoms with Gasteiger partial charge in [0, 0.05) is 61.7 Å².